The highest BCUT2D eigenvalue weighted by Crippen LogP contribution is 2.28. The van der Waals surface area contributed by atoms with Gasteiger partial charge < -0.3 is 4.90 Å². The number of nitrogens with zero attached hydrogens (tertiary/aromatic N) is 6. The molecule has 0 unspecified atom stereocenters. The Morgan fingerprint density at radius 2 is 2.31 bits per heavy atom. The second-order valence-corrected chi connectivity index (χ2v) is 7.45. The van der Waals surface area contributed by atoms with Crippen molar-refractivity contribution in [2.75, 3.05) is 13.1 Å². The topological polar surface area (TPSA) is 76.8 Å². The maximum atomic E-state index is 12.6. The average Bonchev–Trinajstić information content (AvgIpc) is 3.35. The SMILES string of the molecule is Cc1cc(-c2cccs2)nc([C@H]2CCCN(C(=O)Cn3cncn3)C2)n1. The summed E-state index contributed by atoms with van der Waals surface area (Å²) in [5.74, 6) is 1.07. The Labute approximate surface area is 155 Å². The molecule has 0 N–H and O–H groups in total. The van der Waals surface area contributed by atoms with E-state index in [1.54, 1.807) is 22.3 Å². The van der Waals surface area contributed by atoms with Gasteiger partial charge in [-0.3, -0.25) is 4.79 Å². The first-order chi connectivity index (χ1) is 12.7. The molecule has 1 atom stereocenters. The molecule has 0 spiro atoms. The van der Waals surface area contributed by atoms with Gasteiger partial charge in [-0.25, -0.2) is 19.6 Å². The van der Waals surface area contributed by atoms with Crippen LogP contribution in [-0.2, 0) is 11.3 Å². The molecule has 26 heavy (non-hydrogen) atoms. The van der Waals surface area contributed by atoms with Gasteiger partial charge >= 0.3 is 0 Å². The van der Waals surface area contributed by atoms with Crippen molar-refractivity contribution in [3.8, 4) is 10.6 Å². The Hall–Kier alpha value is -2.61. The number of aryl methyl sites for hydroxylation is 1. The van der Waals surface area contributed by atoms with E-state index in [1.165, 1.54) is 6.33 Å². The fourth-order valence-corrected chi connectivity index (χ4v) is 3.98. The van der Waals surface area contributed by atoms with Crippen molar-refractivity contribution < 1.29 is 4.79 Å². The molecular formula is C18H20N6OS. The summed E-state index contributed by atoms with van der Waals surface area (Å²) in [4.78, 5) is 29.0. The molecular weight excluding hydrogens is 348 g/mol. The van der Waals surface area contributed by atoms with E-state index in [9.17, 15) is 4.79 Å². The third-order valence-corrected chi connectivity index (χ3v) is 5.44. The second-order valence-electron chi connectivity index (χ2n) is 6.50. The van der Waals surface area contributed by atoms with Crippen molar-refractivity contribution in [1.82, 2.24) is 29.6 Å². The number of thiophene rings is 1. The number of hydrogen-bond donors (Lipinski definition) is 0. The van der Waals surface area contributed by atoms with Crippen LogP contribution in [0.15, 0.2) is 36.2 Å². The Morgan fingerprint density at radius 1 is 1.38 bits per heavy atom. The molecule has 0 aromatic carbocycles. The fraction of sp³-hybridized carbons (Fsp3) is 0.389. The molecule has 8 heteroatoms. The van der Waals surface area contributed by atoms with Crippen molar-refractivity contribution in [1.29, 1.82) is 0 Å². The van der Waals surface area contributed by atoms with E-state index in [0.29, 0.717) is 6.54 Å². The molecule has 1 aliphatic rings. The maximum Gasteiger partial charge on any atom is 0.244 e. The first kappa shape index (κ1) is 16.8. The lowest BCUT2D eigenvalue weighted by atomic mass is 9.96. The van der Waals surface area contributed by atoms with Gasteiger partial charge in [0.1, 0.15) is 25.0 Å². The third kappa shape index (κ3) is 3.65. The lowest BCUT2D eigenvalue weighted by Gasteiger charge is -2.32. The highest BCUT2D eigenvalue weighted by molar-refractivity contribution is 7.13. The molecule has 0 aliphatic carbocycles. The molecule has 0 bridgehead atoms. The van der Waals surface area contributed by atoms with Crippen molar-refractivity contribution in [2.45, 2.75) is 32.2 Å². The van der Waals surface area contributed by atoms with E-state index in [-0.39, 0.29) is 18.4 Å². The summed E-state index contributed by atoms with van der Waals surface area (Å²) in [7, 11) is 0. The molecule has 134 valence electrons. The number of piperidine rings is 1. The van der Waals surface area contributed by atoms with Crippen LogP contribution in [0.1, 0.15) is 30.3 Å². The molecule has 3 aromatic rings. The Kier molecular flexibility index (Phi) is 4.75. The van der Waals surface area contributed by atoms with E-state index in [0.717, 1.165) is 41.5 Å². The minimum absolute atomic E-state index is 0.0614. The zero-order valence-electron chi connectivity index (χ0n) is 14.6. The first-order valence-corrected chi connectivity index (χ1v) is 9.56. The molecule has 7 nitrogen and oxygen atoms in total. The Morgan fingerprint density at radius 3 is 3.08 bits per heavy atom. The van der Waals surface area contributed by atoms with E-state index in [4.69, 9.17) is 4.98 Å². The minimum Gasteiger partial charge on any atom is -0.340 e. The van der Waals surface area contributed by atoms with E-state index < -0.39 is 0 Å². The summed E-state index contributed by atoms with van der Waals surface area (Å²) < 4.78 is 1.56. The van der Waals surface area contributed by atoms with Gasteiger partial charge in [0.25, 0.3) is 0 Å². The van der Waals surface area contributed by atoms with Gasteiger partial charge in [0, 0.05) is 24.7 Å². The van der Waals surface area contributed by atoms with Gasteiger partial charge in [0.2, 0.25) is 5.91 Å². The van der Waals surface area contributed by atoms with Crippen molar-refractivity contribution >= 4 is 17.2 Å². The smallest absolute Gasteiger partial charge is 0.244 e. The monoisotopic (exact) mass is 368 g/mol. The zero-order chi connectivity index (χ0) is 17.9. The summed E-state index contributed by atoms with van der Waals surface area (Å²) >= 11 is 1.68. The Bertz CT molecular complexity index is 877. The summed E-state index contributed by atoms with van der Waals surface area (Å²) in [5, 5.41) is 6.07. The van der Waals surface area contributed by atoms with E-state index in [2.05, 4.69) is 26.5 Å². The fourth-order valence-electron chi connectivity index (χ4n) is 3.29. The first-order valence-electron chi connectivity index (χ1n) is 8.68. The minimum atomic E-state index is 0.0614. The van der Waals surface area contributed by atoms with E-state index >= 15 is 0 Å². The van der Waals surface area contributed by atoms with Gasteiger partial charge in [-0.2, -0.15) is 5.10 Å². The summed E-state index contributed by atoms with van der Waals surface area (Å²) in [5.41, 5.74) is 1.93. The van der Waals surface area contributed by atoms with Crippen molar-refractivity contribution in [3.05, 3.63) is 47.8 Å². The molecule has 1 saturated heterocycles. The highest BCUT2D eigenvalue weighted by Gasteiger charge is 2.27. The van der Waals surface area contributed by atoms with Crippen LogP contribution < -0.4 is 0 Å². The number of aromatic nitrogens is 5. The highest BCUT2D eigenvalue weighted by atomic mass is 32.1. The number of hydrogen-bond acceptors (Lipinski definition) is 6. The second kappa shape index (κ2) is 7.33. The molecule has 1 fully saturated rings. The largest absolute Gasteiger partial charge is 0.340 e. The van der Waals surface area contributed by atoms with Crippen LogP contribution in [0.4, 0.5) is 0 Å². The van der Waals surface area contributed by atoms with Crippen LogP contribution in [0.5, 0.6) is 0 Å². The number of carbonyl (C=O) groups excluding carboxylic acids is 1. The third-order valence-electron chi connectivity index (χ3n) is 4.55. The average molecular weight is 368 g/mol. The zero-order valence-corrected chi connectivity index (χ0v) is 15.4. The molecule has 0 radical (unpaired) electrons. The standard InChI is InChI=1S/C18H20N6OS/c1-13-8-15(16-5-3-7-26-16)22-18(21-13)14-4-2-6-23(9-14)17(25)10-24-12-19-11-20-24/h3,5,7-8,11-12,14H,2,4,6,9-10H2,1H3/t14-/m0/s1. The van der Waals surface area contributed by atoms with Crippen LogP contribution in [0, 0.1) is 6.92 Å². The number of carbonyl (C=O) groups is 1. The van der Waals surface area contributed by atoms with Crippen LogP contribution >= 0.6 is 11.3 Å². The van der Waals surface area contributed by atoms with Gasteiger partial charge in [-0.05, 0) is 37.3 Å². The molecule has 3 aromatic heterocycles. The van der Waals surface area contributed by atoms with E-state index in [1.807, 2.05) is 24.0 Å². The number of likely N-dealkylation sites (tertiary alicyclic amines) is 1. The lowest BCUT2D eigenvalue weighted by Crippen LogP contribution is -2.41. The van der Waals surface area contributed by atoms with Crippen LogP contribution in [0.2, 0.25) is 0 Å². The van der Waals surface area contributed by atoms with Crippen molar-refractivity contribution in [2.24, 2.45) is 0 Å². The quantitative estimate of drug-likeness (QED) is 0.707. The molecule has 4 heterocycles. The van der Waals surface area contributed by atoms with Crippen molar-refractivity contribution in [3.63, 3.8) is 0 Å². The summed E-state index contributed by atoms with van der Waals surface area (Å²) in [6, 6.07) is 6.12. The molecule has 0 saturated carbocycles. The molecule has 1 aliphatic heterocycles. The number of rotatable bonds is 4. The van der Waals surface area contributed by atoms with Crippen LogP contribution in [0.3, 0.4) is 0 Å². The van der Waals surface area contributed by atoms with Gasteiger partial charge in [0.15, 0.2) is 0 Å². The summed E-state index contributed by atoms with van der Waals surface area (Å²) in [6.07, 6.45) is 4.97. The van der Waals surface area contributed by atoms with Gasteiger partial charge in [-0.15, -0.1) is 11.3 Å². The van der Waals surface area contributed by atoms with Crippen LogP contribution in [0.25, 0.3) is 10.6 Å². The maximum absolute atomic E-state index is 12.6. The van der Waals surface area contributed by atoms with Crippen LogP contribution in [-0.4, -0.2) is 48.6 Å². The predicted octanol–water partition coefficient (Wildman–Crippen LogP) is 2.51. The number of amides is 1. The molecule has 4 rings (SSSR count). The summed E-state index contributed by atoms with van der Waals surface area (Å²) in [6.45, 7) is 3.65. The Balaban J connectivity index is 1.51. The lowest BCUT2D eigenvalue weighted by molar-refractivity contribution is -0.133. The normalized spacial score (nSPS) is 17.4. The predicted molar refractivity (Wildman–Crippen MR) is 98.7 cm³/mol. The van der Waals surface area contributed by atoms with Gasteiger partial charge in [-0.1, -0.05) is 6.07 Å². The molecule has 1 amide bonds. The van der Waals surface area contributed by atoms with Gasteiger partial charge in [0.05, 0.1) is 10.6 Å².